The van der Waals surface area contributed by atoms with Crippen LogP contribution in [0.25, 0.3) is 0 Å². The summed E-state index contributed by atoms with van der Waals surface area (Å²) in [5.74, 6) is -0.0305. The molecule has 0 aliphatic carbocycles. The Bertz CT molecular complexity index is 583. The van der Waals surface area contributed by atoms with Crippen LogP contribution in [-0.2, 0) is 4.79 Å². The van der Waals surface area contributed by atoms with Crippen LogP contribution in [0.5, 0.6) is 0 Å². The van der Waals surface area contributed by atoms with Crippen molar-refractivity contribution < 1.29 is 9.59 Å². The Morgan fingerprint density at radius 1 is 1.27 bits per heavy atom. The van der Waals surface area contributed by atoms with Crippen molar-refractivity contribution in [1.29, 1.82) is 0 Å². The van der Waals surface area contributed by atoms with E-state index in [1.165, 1.54) is 5.56 Å². The lowest BCUT2D eigenvalue weighted by molar-refractivity contribution is -0.124. The van der Waals surface area contributed by atoms with Crippen molar-refractivity contribution in [3.63, 3.8) is 0 Å². The van der Waals surface area contributed by atoms with Gasteiger partial charge in [0.15, 0.2) is 0 Å². The lowest BCUT2D eigenvalue weighted by Crippen LogP contribution is -2.60. The molecule has 5 heteroatoms. The van der Waals surface area contributed by atoms with Gasteiger partial charge in [-0.2, -0.15) is 0 Å². The minimum Gasteiger partial charge on any atom is -0.336 e. The van der Waals surface area contributed by atoms with E-state index >= 15 is 0 Å². The van der Waals surface area contributed by atoms with Gasteiger partial charge in [0.25, 0.3) is 0 Å². The fourth-order valence-corrected chi connectivity index (χ4v) is 2.83. The van der Waals surface area contributed by atoms with Gasteiger partial charge in [-0.05, 0) is 46.2 Å². The normalized spacial score (nSPS) is 18.8. The molecule has 1 unspecified atom stereocenters. The summed E-state index contributed by atoms with van der Waals surface area (Å²) in [6.45, 7) is 10.7. The number of anilines is 1. The van der Waals surface area contributed by atoms with E-state index in [2.05, 4.69) is 11.4 Å². The van der Waals surface area contributed by atoms with Crippen molar-refractivity contribution in [1.82, 2.24) is 10.2 Å². The number of amides is 3. The summed E-state index contributed by atoms with van der Waals surface area (Å²) in [6, 6.07) is 5.51. The fraction of sp³-hybridized carbons (Fsp3) is 0.529. The van der Waals surface area contributed by atoms with Crippen molar-refractivity contribution in [3.05, 3.63) is 29.3 Å². The molecule has 1 fully saturated rings. The molecule has 120 valence electrons. The number of hydrogen-bond donors (Lipinski definition) is 1. The molecular weight excluding hydrogens is 278 g/mol. The largest absolute Gasteiger partial charge is 0.336 e. The van der Waals surface area contributed by atoms with Crippen molar-refractivity contribution in [3.8, 4) is 0 Å². The Kier molecular flexibility index (Phi) is 4.74. The number of nitrogens with zero attached hydrogens (tertiary/aromatic N) is 2. The number of rotatable bonds is 2. The topological polar surface area (TPSA) is 52.6 Å². The Morgan fingerprint density at radius 3 is 2.55 bits per heavy atom. The highest BCUT2D eigenvalue weighted by Crippen LogP contribution is 2.25. The first-order valence-electron chi connectivity index (χ1n) is 7.77. The molecule has 1 aliphatic heterocycles. The Labute approximate surface area is 132 Å². The highest BCUT2D eigenvalue weighted by molar-refractivity contribution is 6.00. The predicted molar refractivity (Wildman–Crippen MR) is 88.1 cm³/mol. The van der Waals surface area contributed by atoms with Gasteiger partial charge in [0, 0.05) is 24.8 Å². The number of nitrogens with one attached hydrogen (secondary N) is 1. The zero-order valence-electron chi connectivity index (χ0n) is 14.0. The monoisotopic (exact) mass is 303 g/mol. The molecule has 5 nitrogen and oxygen atoms in total. The smallest absolute Gasteiger partial charge is 0.318 e. The molecule has 1 heterocycles. The molecule has 0 aromatic heterocycles. The molecule has 1 aliphatic rings. The first-order chi connectivity index (χ1) is 10.3. The second kappa shape index (κ2) is 6.38. The van der Waals surface area contributed by atoms with Crippen LogP contribution in [0.2, 0.25) is 0 Å². The third-order valence-corrected chi connectivity index (χ3v) is 3.97. The summed E-state index contributed by atoms with van der Waals surface area (Å²) in [4.78, 5) is 28.2. The van der Waals surface area contributed by atoms with Gasteiger partial charge in [0.1, 0.15) is 6.04 Å². The van der Waals surface area contributed by atoms with E-state index in [4.69, 9.17) is 0 Å². The standard InChI is InChI=1S/C17H25N3O2/c1-11(2)18-17(22)19-8-9-20(16(21)14(19)5)15-7-6-12(3)10-13(15)4/h6-7,10-11,14H,8-9H2,1-5H3,(H,18,22). The second-order valence-corrected chi connectivity index (χ2v) is 6.25. The molecule has 0 saturated carbocycles. The maximum Gasteiger partial charge on any atom is 0.318 e. The minimum atomic E-state index is -0.451. The van der Waals surface area contributed by atoms with Crippen LogP contribution in [-0.4, -0.2) is 42.0 Å². The van der Waals surface area contributed by atoms with Gasteiger partial charge in [-0.1, -0.05) is 17.7 Å². The highest BCUT2D eigenvalue weighted by Gasteiger charge is 2.35. The maximum absolute atomic E-state index is 12.7. The molecule has 0 spiro atoms. The van der Waals surface area contributed by atoms with Crippen LogP contribution >= 0.6 is 0 Å². The fourth-order valence-electron chi connectivity index (χ4n) is 2.83. The van der Waals surface area contributed by atoms with Crippen LogP contribution in [0, 0.1) is 13.8 Å². The number of benzene rings is 1. The maximum atomic E-state index is 12.7. The van der Waals surface area contributed by atoms with Gasteiger partial charge in [-0.15, -0.1) is 0 Å². The summed E-state index contributed by atoms with van der Waals surface area (Å²) in [6.07, 6.45) is 0. The number of carbonyl (C=O) groups is 2. The number of aryl methyl sites for hydroxylation is 2. The Hall–Kier alpha value is -2.04. The quantitative estimate of drug-likeness (QED) is 0.912. The van der Waals surface area contributed by atoms with E-state index in [0.29, 0.717) is 13.1 Å². The first kappa shape index (κ1) is 16.3. The Morgan fingerprint density at radius 2 is 1.95 bits per heavy atom. The third kappa shape index (κ3) is 3.24. The van der Waals surface area contributed by atoms with Crippen LogP contribution < -0.4 is 10.2 Å². The van der Waals surface area contributed by atoms with Crippen molar-refractivity contribution in [2.24, 2.45) is 0 Å². The van der Waals surface area contributed by atoms with Crippen LogP contribution in [0.4, 0.5) is 10.5 Å². The molecule has 22 heavy (non-hydrogen) atoms. The summed E-state index contributed by atoms with van der Waals surface area (Å²) >= 11 is 0. The molecular formula is C17H25N3O2. The Balaban J connectivity index is 2.17. The lowest BCUT2D eigenvalue weighted by Gasteiger charge is -2.39. The molecule has 2 rings (SSSR count). The number of carbonyl (C=O) groups excluding carboxylic acids is 2. The van der Waals surface area contributed by atoms with Gasteiger partial charge < -0.3 is 15.1 Å². The number of hydrogen-bond acceptors (Lipinski definition) is 2. The summed E-state index contributed by atoms with van der Waals surface area (Å²) in [7, 11) is 0. The zero-order valence-corrected chi connectivity index (χ0v) is 14.0. The van der Waals surface area contributed by atoms with Gasteiger partial charge in [0.05, 0.1) is 0 Å². The van der Waals surface area contributed by atoms with Gasteiger partial charge >= 0.3 is 6.03 Å². The predicted octanol–water partition coefficient (Wildman–Crippen LogP) is 2.46. The highest BCUT2D eigenvalue weighted by atomic mass is 16.2. The average molecular weight is 303 g/mol. The molecule has 1 aromatic carbocycles. The third-order valence-electron chi connectivity index (χ3n) is 3.97. The summed E-state index contributed by atoms with van der Waals surface area (Å²) < 4.78 is 0. The second-order valence-electron chi connectivity index (χ2n) is 6.25. The molecule has 0 bridgehead atoms. The van der Waals surface area contributed by atoms with E-state index in [0.717, 1.165) is 11.3 Å². The van der Waals surface area contributed by atoms with Crippen LogP contribution in [0.15, 0.2) is 18.2 Å². The summed E-state index contributed by atoms with van der Waals surface area (Å²) in [5.41, 5.74) is 3.20. The average Bonchev–Trinajstić information content (AvgIpc) is 2.41. The van der Waals surface area contributed by atoms with E-state index in [1.54, 1.807) is 16.7 Å². The van der Waals surface area contributed by atoms with E-state index in [1.807, 2.05) is 39.8 Å². The molecule has 3 amide bonds. The molecule has 1 aromatic rings. The summed E-state index contributed by atoms with van der Waals surface area (Å²) in [5, 5.41) is 2.85. The lowest BCUT2D eigenvalue weighted by atomic mass is 10.1. The van der Waals surface area contributed by atoms with Gasteiger partial charge in [-0.25, -0.2) is 4.79 Å². The van der Waals surface area contributed by atoms with Gasteiger partial charge in [0.2, 0.25) is 5.91 Å². The molecule has 1 saturated heterocycles. The van der Waals surface area contributed by atoms with Crippen molar-refractivity contribution >= 4 is 17.6 Å². The minimum absolute atomic E-state index is 0.0305. The SMILES string of the molecule is Cc1ccc(N2CCN(C(=O)NC(C)C)C(C)C2=O)c(C)c1. The van der Waals surface area contributed by atoms with E-state index in [-0.39, 0.29) is 18.0 Å². The molecule has 1 atom stereocenters. The van der Waals surface area contributed by atoms with Crippen molar-refractivity contribution in [2.45, 2.75) is 46.7 Å². The van der Waals surface area contributed by atoms with E-state index in [9.17, 15) is 9.59 Å². The number of urea groups is 1. The van der Waals surface area contributed by atoms with E-state index < -0.39 is 6.04 Å². The zero-order chi connectivity index (χ0) is 16.4. The molecule has 1 N–H and O–H groups in total. The number of piperazine rings is 1. The first-order valence-corrected chi connectivity index (χ1v) is 7.77. The van der Waals surface area contributed by atoms with Crippen LogP contribution in [0.1, 0.15) is 31.9 Å². The van der Waals surface area contributed by atoms with Gasteiger partial charge in [-0.3, -0.25) is 4.79 Å². The van der Waals surface area contributed by atoms with Crippen molar-refractivity contribution in [2.75, 3.05) is 18.0 Å². The molecule has 0 radical (unpaired) electrons. The van der Waals surface area contributed by atoms with Crippen LogP contribution in [0.3, 0.4) is 0 Å².